The van der Waals surface area contributed by atoms with Gasteiger partial charge in [0.25, 0.3) is 0 Å². The van der Waals surface area contributed by atoms with Gasteiger partial charge in [-0.3, -0.25) is 0 Å². The molecule has 0 aliphatic heterocycles. The predicted molar refractivity (Wildman–Crippen MR) is 123 cm³/mol. The van der Waals surface area contributed by atoms with E-state index in [9.17, 15) is 9.59 Å². The smallest absolute Gasteiger partial charge is 0.408 e. The summed E-state index contributed by atoms with van der Waals surface area (Å²) in [5.74, 6) is -0.302. The molecule has 1 aliphatic carbocycles. The molecule has 0 heterocycles. The lowest BCUT2D eigenvalue weighted by molar-refractivity contribution is -0.151. The van der Waals surface area contributed by atoms with Gasteiger partial charge < -0.3 is 14.8 Å². The number of hydrogen-bond acceptors (Lipinski definition) is 4. The Morgan fingerprint density at radius 1 is 0.833 bits per heavy atom. The Bertz CT molecular complexity index is 472. The zero-order valence-electron chi connectivity index (χ0n) is 19.4. The van der Waals surface area contributed by atoms with Crippen LogP contribution in [0.4, 0.5) is 4.79 Å². The first-order valence-electron chi connectivity index (χ1n) is 12.4. The van der Waals surface area contributed by atoms with Crippen LogP contribution in [-0.4, -0.2) is 30.8 Å². The van der Waals surface area contributed by atoms with Gasteiger partial charge in [0.2, 0.25) is 0 Å². The van der Waals surface area contributed by atoms with Gasteiger partial charge in [0.05, 0.1) is 13.2 Å². The molecule has 0 atom stereocenters. The van der Waals surface area contributed by atoms with Gasteiger partial charge in [-0.25, -0.2) is 9.59 Å². The molecule has 0 spiro atoms. The van der Waals surface area contributed by atoms with Crippen molar-refractivity contribution in [2.24, 2.45) is 0 Å². The molecule has 0 aromatic carbocycles. The van der Waals surface area contributed by atoms with E-state index < -0.39 is 11.6 Å². The highest BCUT2D eigenvalue weighted by Gasteiger charge is 2.44. The third-order valence-corrected chi connectivity index (χ3v) is 5.98. The summed E-state index contributed by atoms with van der Waals surface area (Å²) in [5, 5.41) is 2.78. The Morgan fingerprint density at radius 2 is 1.37 bits per heavy atom. The van der Waals surface area contributed by atoms with Crippen LogP contribution in [-0.2, 0) is 14.3 Å². The van der Waals surface area contributed by atoms with E-state index in [2.05, 4.69) is 18.8 Å². The largest absolute Gasteiger partial charge is 0.464 e. The monoisotopic (exact) mass is 423 g/mol. The number of esters is 1. The molecule has 5 nitrogen and oxygen atoms in total. The Morgan fingerprint density at radius 3 is 1.90 bits per heavy atom. The normalized spacial score (nSPS) is 15.0. The van der Waals surface area contributed by atoms with Crippen molar-refractivity contribution in [2.75, 3.05) is 13.2 Å². The van der Waals surface area contributed by atoms with Gasteiger partial charge in [0, 0.05) is 0 Å². The van der Waals surface area contributed by atoms with Crippen LogP contribution in [0.25, 0.3) is 0 Å². The molecule has 1 amide bonds. The van der Waals surface area contributed by atoms with E-state index in [1.54, 1.807) is 6.08 Å². The standard InChI is InChI=1S/C25H45NO4/c1-3-5-7-8-9-10-11-12-13-14-15-18-22-29-23(27)25(19-16-17-20-25)26-24(28)30-21-6-4-2/h4H,2-3,5-22H2,1H3,(H,26,28). The maximum absolute atomic E-state index is 12.6. The minimum Gasteiger partial charge on any atom is -0.464 e. The summed E-state index contributed by atoms with van der Waals surface area (Å²) in [5.41, 5.74) is -0.900. The van der Waals surface area contributed by atoms with E-state index >= 15 is 0 Å². The fourth-order valence-electron chi connectivity index (χ4n) is 4.07. The van der Waals surface area contributed by atoms with Gasteiger partial charge in [-0.05, 0) is 25.7 Å². The van der Waals surface area contributed by atoms with Crippen molar-refractivity contribution in [1.29, 1.82) is 0 Å². The molecule has 1 rings (SSSR count). The zero-order valence-corrected chi connectivity index (χ0v) is 19.4. The molecule has 1 fully saturated rings. The highest BCUT2D eigenvalue weighted by Crippen LogP contribution is 2.31. The Hall–Kier alpha value is -1.52. The van der Waals surface area contributed by atoms with Gasteiger partial charge in [-0.1, -0.05) is 96.5 Å². The van der Waals surface area contributed by atoms with Gasteiger partial charge in [-0.2, -0.15) is 0 Å². The van der Waals surface area contributed by atoms with Crippen LogP contribution in [0.5, 0.6) is 0 Å². The van der Waals surface area contributed by atoms with Crippen LogP contribution in [0, 0.1) is 0 Å². The number of hydrogen-bond donors (Lipinski definition) is 1. The molecule has 5 heteroatoms. The average Bonchev–Trinajstić information content (AvgIpc) is 3.21. The van der Waals surface area contributed by atoms with E-state index in [1.807, 2.05) is 0 Å². The molecule has 0 saturated heterocycles. The number of carbonyl (C=O) groups is 2. The highest BCUT2D eigenvalue weighted by atomic mass is 16.6. The first-order valence-corrected chi connectivity index (χ1v) is 12.4. The van der Waals surface area contributed by atoms with Crippen LogP contribution in [0.15, 0.2) is 12.7 Å². The van der Waals surface area contributed by atoms with Gasteiger partial charge in [0.1, 0.15) is 5.54 Å². The second-order valence-electron chi connectivity index (χ2n) is 8.65. The van der Waals surface area contributed by atoms with Crippen molar-refractivity contribution in [2.45, 2.75) is 122 Å². The Balaban J connectivity index is 2.08. The molecular formula is C25H45NO4. The Labute approximate surface area is 184 Å². The SMILES string of the molecule is C=CCCOC(=O)NC1(C(=O)OCCCCCCCCCCCCCC)CCCC1. The van der Waals surface area contributed by atoms with E-state index in [0.29, 0.717) is 25.9 Å². The number of unbranched alkanes of at least 4 members (excludes halogenated alkanes) is 11. The topological polar surface area (TPSA) is 64.6 Å². The lowest BCUT2D eigenvalue weighted by Crippen LogP contribution is -2.53. The van der Waals surface area contributed by atoms with Gasteiger partial charge in [-0.15, -0.1) is 6.58 Å². The number of alkyl carbamates (subject to hydrolysis) is 1. The molecule has 0 aromatic heterocycles. The molecule has 0 unspecified atom stereocenters. The van der Waals surface area contributed by atoms with Gasteiger partial charge in [0.15, 0.2) is 0 Å². The molecule has 174 valence electrons. The number of carbonyl (C=O) groups excluding carboxylic acids is 2. The molecule has 1 saturated carbocycles. The minimum atomic E-state index is -0.900. The van der Waals surface area contributed by atoms with Crippen LogP contribution in [0.3, 0.4) is 0 Å². The zero-order chi connectivity index (χ0) is 21.9. The summed E-state index contributed by atoms with van der Waals surface area (Å²) >= 11 is 0. The summed E-state index contributed by atoms with van der Waals surface area (Å²) in [6, 6.07) is 0. The maximum atomic E-state index is 12.6. The summed E-state index contributed by atoms with van der Waals surface area (Å²) in [6.07, 6.45) is 20.2. The van der Waals surface area contributed by atoms with Crippen LogP contribution < -0.4 is 5.32 Å². The van der Waals surface area contributed by atoms with Crippen LogP contribution in [0.1, 0.15) is 116 Å². The lowest BCUT2D eigenvalue weighted by atomic mass is 9.98. The predicted octanol–water partition coefficient (Wildman–Crippen LogP) is 6.85. The van der Waals surface area contributed by atoms with Gasteiger partial charge >= 0.3 is 12.1 Å². The molecule has 30 heavy (non-hydrogen) atoms. The number of rotatable bonds is 18. The van der Waals surface area contributed by atoms with E-state index in [4.69, 9.17) is 9.47 Å². The number of amides is 1. The third kappa shape index (κ3) is 11.6. The molecular weight excluding hydrogens is 378 g/mol. The maximum Gasteiger partial charge on any atom is 0.408 e. The first-order chi connectivity index (χ1) is 14.6. The summed E-state index contributed by atoms with van der Waals surface area (Å²) in [4.78, 5) is 24.6. The fourth-order valence-corrected chi connectivity index (χ4v) is 4.07. The van der Waals surface area contributed by atoms with E-state index in [1.165, 1.54) is 64.2 Å². The Kier molecular flexibility index (Phi) is 15.2. The summed E-state index contributed by atoms with van der Waals surface area (Å²) in [6.45, 7) is 6.57. The molecule has 0 bridgehead atoms. The van der Waals surface area contributed by atoms with E-state index in [-0.39, 0.29) is 12.6 Å². The van der Waals surface area contributed by atoms with Crippen molar-refractivity contribution in [3.05, 3.63) is 12.7 Å². The van der Waals surface area contributed by atoms with Crippen LogP contribution in [0.2, 0.25) is 0 Å². The quantitative estimate of drug-likeness (QED) is 0.149. The lowest BCUT2D eigenvalue weighted by Gasteiger charge is -2.27. The average molecular weight is 424 g/mol. The fraction of sp³-hybridized carbons (Fsp3) is 0.840. The summed E-state index contributed by atoms with van der Waals surface area (Å²) in [7, 11) is 0. The molecule has 1 aliphatic rings. The number of ether oxygens (including phenoxy) is 2. The van der Waals surface area contributed by atoms with Crippen molar-refractivity contribution >= 4 is 12.1 Å². The second-order valence-corrected chi connectivity index (χ2v) is 8.65. The minimum absolute atomic E-state index is 0.277. The first kappa shape index (κ1) is 26.5. The van der Waals surface area contributed by atoms with Crippen LogP contribution >= 0.6 is 0 Å². The molecule has 0 aromatic rings. The van der Waals surface area contributed by atoms with Crippen molar-refractivity contribution in [1.82, 2.24) is 5.32 Å². The van der Waals surface area contributed by atoms with Crippen molar-refractivity contribution in [3.8, 4) is 0 Å². The third-order valence-electron chi connectivity index (χ3n) is 5.98. The summed E-state index contributed by atoms with van der Waals surface area (Å²) < 4.78 is 10.6. The molecule has 0 radical (unpaired) electrons. The van der Waals surface area contributed by atoms with Crippen molar-refractivity contribution in [3.63, 3.8) is 0 Å². The number of nitrogens with one attached hydrogen (secondary N) is 1. The van der Waals surface area contributed by atoms with E-state index in [0.717, 1.165) is 25.7 Å². The molecule has 1 N–H and O–H groups in total. The van der Waals surface area contributed by atoms with Crippen molar-refractivity contribution < 1.29 is 19.1 Å². The highest BCUT2D eigenvalue weighted by molar-refractivity contribution is 5.86. The second kappa shape index (κ2) is 17.2.